The van der Waals surface area contributed by atoms with Crippen LogP contribution in [0.25, 0.3) is 0 Å². The first-order valence-electron chi connectivity index (χ1n) is 6.75. The minimum Gasteiger partial charge on any atom is -0.462 e. The second kappa shape index (κ2) is 5.66. The summed E-state index contributed by atoms with van der Waals surface area (Å²) >= 11 is 0. The molecule has 0 spiro atoms. The number of hydrogen-bond acceptors (Lipinski definition) is 6. The van der Waals surface area contributed by atoms with Crippen LogP contribution in [0.4, 0.5) is 11.5 Å². The molecule has 1 fully saturated rings. The summed E-state index contributed by atoms with van der Waals surface area (Å²) in [5.41, 5.74) is 6.56. The first kappa shape index (κ1) is 14.6. The van der Waals surface area contributed by atoms with Crippen LogP contribution in [0.3, 0.4) is 0 Å². The number of pyridine rings is 1. The molecule has 0 radical (unpaired) electrons. The summed E-state index contributed by atoms with van der Waals surface area (Å²) in [6.07, 6.45) is 1.58. The molecule has 0 aliphatic carbocycles. The molecule has 1 aromatic rings. The minimum absolute atomic E-state index is 0.258. The second-order valence-corrected chi connectivity index (χ2v) is 5.35. The molecule has 0 aromatic carbocycles. The molecular weight excluding hydrogens is 258 g/mol. The van der Waals surface area contributed by atoms with Crippen molar-refractivity contribution in [2.24, 2.45) is 0 Å². The van der Waals surface area contributed by atoms with Crippen LogP contribution in [0.2, 0.25) is 0 Å². The third-order valence-corrected chi connectivity index (χ3v) is 3.19. The van der Waals surface area contributed by atoms with Crippen LogP contribution < -0.4 is 10.6 Å². The van der Waals surface area contributed by atoms with Gasteiger partial charge in [-0.15, -0.1) is 0 Å². The highest BCUT2D eigenvalue weighted by molar-refractivity contribution is 5.97. The molecule has 20 heavy (non-hydrogen) atoms. The Labute approximate surface area is 118 Å². The standard InChI is InChI=1S/C14H21N3O3/c1-4-19-13(18)10-5-6-16-12(11(10)15)17-7-8-20-14(2,3)9-17/h5-6H,4,7-9,15H2,1-3H3. The highest BCUT2D eigenvalue weighted by Crippen LogP contribution is 2.28. The molecule has 0 atom stereocenters. The quantitative estimate of drug-likeness (QED) is 0.844. The van der Waals surface area contributed by atoms with E-state index in [1.807, 2.05) is 18.7 Å². The molecule has 0 saturated carbocycles. The molecule has 1 saturated heterocycles. The van der Waals surface area contributed by atoms with Gasteiger partial charge in [-0.3, -0.25) is 0 Å². The van der Waals surface area contributed by atoms with Crippen LogP contribution in [0.15, 0.2) is 12.3 Å². The average Bonchev–Trinajstić information content (AvgIpc) is 2.38. The predicted octanol–water partition coefficient (Wildman–Crippen LogP) is 1.46. The Balaban J connectivity index is 2.28. The first-order chi connectivity index (χ1) is 9.44. The van der Waals surface area contributed by atoms with Crippen molar-refractivity contribution in [1.82, 2.24) is 4.98 Å². The lowest BCUT2D eigenvalue weighted by Gasteiger charge is -2.39. The Morgan fingerprint density at radius 3 is 3.00 bits per heavy atom. The summed E-state index contributed by atoms with van der Waals surface area (Å²) in [6.45, 7) is 8.11. The summed E-state index contributed by atoms with van der Waals surface area (Å²) in [7, 11) is 0. The van der Waals surface area contributed by atoms with Gasteiger partial charge in [0.1, 0.15) is 0 Å². The fourth-order valence-electron chi connectivity index (χ4n) is 2.30. The number of nitrogens with zero attached hydrogens (tertiary/aromatic N) is 2. The maximum atomic E-state index is 11.9. The predicted molar refractivity (Wildman–Crippen MR) is 76.8 cm³/mol. The SMILES string of the molecule is CCOC(=O)c1ccnc(N2CCOC(C)(C)C2)c1N. The van der Waals surface area contributed by atoms with Crippen molar-refractivity contribution in [3.8, 4) is 0 Å². The number of carbonyl (C=O) groups is 1. The number of aromatic nitrogens is 1. The van der Waals surface area contributed by atoms with E-state index in [1.54, 1.807) is 19.2 Å². The summed E-state index contributed by atoms with van der Waals surface area (Å²) in [4.78, 5) is 18.2. The molecule has 6 heteroatoms. The number of carbonyl (C=O) groups excluding carboxylic acids is 1. The van der Waals surface area contributed by atoms with Gasteiger partial charge in [-0.05, 0) is 26.8 Å². The van der Waals surface area contributed by atoms with Crippen LogP contribution in [-0.2, 0) is 9.47 Å². The van der Waals surface area contributed by atoms with Crippen LogP contribution >= 0.6 is 0 Å². The molecular formula is C14H21N3O3. The van der Waals surface area contributed by atoms with Crippen molar-refractivity contribution in [2.45, 2.75) is 26.4 Å². The van der Waals surface area contributed by atoms with Gasteiger partial charge in [0, 0.05) is 19.3 Å². The molecule has 1 aliphatic rings. The van der Waals surface area contributed by atoms with Crippen molar-refractivity contribution >= 4 is 17.5 Å². The first-order valence-corrected chi connectivity index (χ1v) is 6.75. The monoisotopic (exact) mass is 279 g/mol. The van der Waals surface area contributed by atoms with E-state index in [2.05, 4.69) is 4.98 Å². The fourth-order valence-corrected chi connectivity index (χ4v) is 2.30. The van der Waals surface area contributed by atoms with Gasteiger partial charge < -0.3 is 20.1 Å². The van der Waals surface area contributed by atoms with Crippen molar-refractivity contribution < 1.29 is 14.3 Å². The van der Waals surface area contributed by atoms with E-state index in [-0.39, 0.29) is 5.60 Å². The zero-order valence-corrected chi connectivity index (χ0v) is 12.2. The molecule has 1 aromatic heterocycles. The summed E-state index contributed by atoms with van der Waals surface area (Å²) in [6, 6.07) is 1.59. The van der Waals surface area contributed by atoms with E-state index < -0.39 is 5.97 Å². The van der Waals surface area contributed by atoms with Gasteiger partial charge in [-0.1, -0.05) is 0 Å². The van der Waals surface area contributed by atoms with Crippen LogP contribution in [-0.4, -0.2) is 42.9 Å². The van der Waals surface area contributed by atoms with Gasteiger partial charge in [0.05, 0.1) is 30.1 Å². The fraction of sp³-hybridized carbons (Fsp3) is 0.571. The van der Waals surface area contributed by atoms with Crippen molar-refractivity contribution in [3.05, 3.63) is 17.8 Å². The van der Waals surface area contributed by atoms with Crippen LogP contribution in [0.1, 0.15) is 31.1 Å². The van der Waals surface area contributed by atoms with Gasteiger partial charge in [-0.25, -0.2) is 9.78 Å². The lowest BCUT2D eigenvalue weighted by molar-refractivity contribution is -0.0278. The molecule has 6 nitrogen and oxygen atoms in total. The number of anilines is 2. The summed E-state index contributed by atoms with van der Waals surface area (Å²) in [5, 5.41) is 0. The second-order valence-electron chi connectivity index (χ2n) is 5.35. The van der Waals surface area contributed by atoms with E-state index >= 15 is 0 Å². The lowest BCUT2D eigenvalue weighted by Crippen LogP contribution is -2.48. The molecule has 2 N–H and O–H groups in total. The van der Waals surface area contributed by atoms with Crippen molar-refractivity contribution in [1.29, 1.82) is 0 Å². The van der Waals surface area contributed by atoms with Crippen LogP contribution in [0.5, 0.6) is 0 Å². The number of rotatable bonds is 3. The molecule has 1 aliphatic heterocycles. The number of nitrogen functional groups attached to an aromatic ring is 1. The normalized spacial score (nSPS) is 17.9. The smallest absolute Gasteiger partial charge is 0.340 e. The Bertz CT molecular complexity index is 502. The Hall–Kier alpha value is -1.82. The topological polar surface area (TPSA) is 77.7 Å². The van der Waals surface area contributed by atoms with E-state index in [9.17, 15) is 4.79 Å². The number of ether oxygens (including phenoxy) is 2. The Morgan fingerprint density at radius 1 is 1.60 bits per heavy atom. The maximum absolute atomic E-state index is 11.9. The molecule has 0 unspecified atom stereocenters. The maximum Gasteiger partial charge on any atom is 0.340 e. The van der Waals surface area contributed by atoms with E-state index in [4.69, 9.17) is 15.2 Å². The molecule has 0 amide bonds. The van der Waals surface area contributed by atoms with Gasteiger partial charge in [0.25, 0.3) is 0 Å². The van der Waals surface area contributed by atoms with E-state index in [0.29, 0.717) is 43.4 Å². The number of morpholine rings is 1. The van der Waals surface area contributed by atoms with Gasteiger partial charge >= 0.3 is 5.97 Å². The zero-order valence-electron chi connectivity index (χ0n) is 12.2. The van der Waals surface area contributed by atoms with E-state index in [0.717, 1.165) is 0 Å². The summed E-state index contributed by atoms with van der Waals surface area (Å²) in [5.74, 6) is 0.202. The third kappa shape index (κ3) is 3.01. The number of nitrogens with two attached hydrogens (primary N) is 1. The average molecular weight is 279 g/mol. The number of hydrogen-bond donors (Lipinski definition) is 1. The van der Waals surface area contributed by atoms with Gasteiger partial charge in [0.2, 0.25) is 0 Å². The zero-order chi connectivity index (χ0) is 14.8. The third-order valence-electron chi connectivity index (χ3n) is 3.19. The Morgan fingerprint density at radius 2 is 2.35 bits per heavy atom. The number of esters is 1. The lowest BCUT2D eigenvalue weighted by atomic mass is 10.1. The highest BCUT2D eigenvalue weighted by Gasteiger charge is 2.29. The van der Waals surface area contributed by atoms with Gasteiger partial charge in [0.15, 0.2) is 5.82 Å². The molecule has 2 heterocycles. The Kier molecular flexibility index (Phi) is 4.13. The molecule has 110 valence electrons. The minimum atomic E-state index is -0.416. The molecule has 0 bridgehead atoms. The largest absolute Gasteiger partial charge is 0.462 e. The van der Waals surface area contributed by atoms with Crippen molar-refractivity contribution in [3.63, 3.8) is 0 Å². The van der Waals surface area contributed by atoms with E-state index in [1.165, 1.54) is 0 Å². The van der Waals surface area contributed by atoms with Crippen LogP contribution in [0, 0.1) is 0 Å². The molecule has 2 rings (SSSR count). The highest BCUT2D eigenvalue weighted by atomic mass is 16.5. The van der Waals surface area contributed by atoms with Crippen molar-refractivity contribution in [2.75, 3.05) is 36.9 Å². The van der Waals surface area contributed by atoms with Gasteiger partial charge in [-0.2, -0.15) is 0 Å². The summed E-state index contributed by atoms with van der Waals surface area (Å²) < 4.78 is 10.7.